The predicted octanol–water partition coefficient (Wildman–Crippen LogP) is 3.23. The summed E-state index contributed by atoms with van der Waals surface area (Å²) in [5, 5.41) is 15.5. The molecule has 0 unspecified atom stereocenters. The minimum absolute atomic E-state index is 0.337. The fraction of sp³-hybridized carbons (Fsp3) is 0.294. The zero-order valence-corrected chi connectivity index (χ0v) is 11.6. The summed E-state index contributed by atoms with van der Waals surface area (Å²) in [5.41, 5.74) is 0.939. The Bertz CT molecular complexity index is 566. The maximum absolute atomic E-state index is 10.00. The van der Waals surface area contributed by atoms with Gasteiger partial charge in [0.1, 0.15) is 5.75 Å². The molecule has 0 aliphatic carbocycles. The van der Waals surface area contributed by atoms with Gasteiger partial charge in [-0.05, 0) is 23.3 Å². The van der Waals surface area contributed by atoms with Gasteiger partial charge in [-0.15, -0.1) is 6.58 Å². The molecule has 2 aromatic carbocycles. The average molecular weight is 271 g/mol. The fourth-order valence-corrected chi connectivity index (χ4v) is 2.14. The van der Waals surface area contributed by atoms with E-state index in [0.717, 1.165) is 29.3 Å². The van der Waals surface area contributed by atoms with Crippen molar-refractivity contribution in [3.8, 4) is 5.75 Å². The smallest absolute Gasteiger partial charge is 0.120 e. The molecule has 0 heterocycles. The molecule has 106 valence electrons. The Hall–Kier alpha value is -1.84. The number of hydrogen-bond acceptors (Lipinski definition) is 3. The van der Waals surface area contributed by atoms with Crippen LogP contribution in [0.15, 0.2) is 49.1 Å². The van der Waals surface area contributed by atoms with E-state index in [1.54, 1.807) is 6.07 Å². The standard InChI is InChI=1S/C17H21NO2/c1-2-3-11-20-12-10-18-13-16-15-7-5-4-6-14(15)8-9-17(16)19/h2,4-9,18-19H,1,3,10-13H2. The molecular weight excluding hydrogens is 250 g/mol. The van der Waals surface area contributed by atoms with Crippen LogP contribution in [0, 0.1) is 0 Å². The maximum atomic E-state index is 10.00. The van der Waals surface area contributed by atoms with Gasteiger partial charge < -0.3 is 15.2 Å². The van der Waals surface area contributed by atoms with Crippen molar-refractivity contribution in [2.24, 2.45) is 0 Å². The molecule has 2 rings (SSSR count). The van der Waals surface area contributed by atoms with Crippen molar-refractivity contribution in [3.05, 3.63) is 54.6 Å². The molecule has 20 heavy (non-hydrogen) atoms. The minimum atomic E-state index is 0.337. The highest BCUT2D eigenvalue weighted by Gasteiger charge is 2.05. The Morgan fingerprint density at radius 3 is 2.85 bits per heavy atom. The van der Waals surface area contributed by atoms with Gasteiger partial charge in [0.2, 0.25) is 0 Å². The Labute approximate surface area is 119 Å². The van der Waals surface area contributed by atoms with Crippen molar-refractivity contribution in [2.45, 2.75) is 13.0 Å². The van der Waals surface area contributed by atoms with Crippen LogP contribution < -0.4 is 5.32 Å². The van der Waals surface area contributed by atoms with E-state index in [-0.39, 0.29) is 0 Å². The molecule has 2 aromatic rings. The van der Waals surface area contributed by atoms with E-state index in [9.17, 15) is 5.11 Å². The summed E-state index contributed by atoms with van der Waals surface area (Å²) < 4.78 is 5.43. The van der Waals surface area contributed by atoms with E-state index in [1.807, 2.05) is 30.3 Å². The molecule has 0 amide bonds. The van der Waals surface area contributed by atoms with Gasteiger partial charge in [-0.2, -0.15) is 0 Å². The quantitative estimate of drug-likeness (QED) is 0.572. The maximum Gasteiger partial charge on any atom is 0.120 e. The number of fused-ring (bicyclic) bond motifs is 1. The largest absolute Gasteiger partial charge is 0.508 e. The molecule has 0 saturated carbocycles. The molecule has 3 nitrogen and oxygen atoms in total. The first-order valence-electron chi connectivity index (χ1n) is 6.92. The number of hydrogen-bond donors (Lipinski definition) is 2. The zero-order chi connectivity index (χ0) is 14.2. The molecule has 0 atom stereocenters. The molecule has 0 fully saturated rings. The topological polar surface area (TPSA) is 41.5 Å². The summed E-state index contributed by atoms with van der Waals surface area (Å²) in [5.74, 6) is 0.337. The summed E-state index contributed by atoms with van der Waals surface area (Å²) >= 11 is 0. The lowest BCUT2D eigenvalue weighted by Crippen LogP contribution is -2.19. The molecule has 0 aliphatic heterocycles. The number of ether oxygens (including phenoxy) is 1. The first-order chi connectivity index (χ1) is 9.83. The van der Waals surface area contributed by atoms with Crippen LogP contribution >= 0.6 is 0 Å². The van der Waals surface area contributed by atoms with Gasteiger partial charge in [-0.25, -0.2) is 0 Å². The molecular formula is C17H21NO2. The second-order valence-electron chi connectivity index (χ2n) is 4.65. The predicted molar refractivity (Wildman–Crippen MR) is 83.0 cm³/mol. The first kappa shape index (κ1) is 14.6. The molecule has 0 aliphatic rings. The van der Waals surface area contributed by atoms with Crippen molar-refractivity contribution in [1.82, 2.24) is 5.32 Å². The van der Waals surface area contributed by atoms with Crippen LogP contribution in [0.4, 0.5) is 0 Å². The van der Waals surface area contributed by atoms with E-state index in [1.165, 1.54) is 0 Å². The molecule has 3 heteroatoms. The Kier molecular flexibility index (Phi) is 5.59. The molecule has 0 spiro atoms. The third-order valence-electron chi connectivity index (χ3n) is 3.21. The molecule has 2 N–H and O–H groups in total. The van der Waals surface area contributed by atoms with Crippen molar-refractivity contribution in [2.75, 3.05) is 19.8 Å². The SMILES string of the molecule is C=CCCOCCNCc1c(O)ccc2ccccc12. The number of benzene rings is 2. The lowest BCUT2D eigenvalue weighted by Gasteiger charge is -2.10. The molecule has 0 saturated heterocycles. The average Bonchev–Trinajstić information content (AvgIpc) is 2.48. The van der Waals surface area contributed by atoms with Crippen LogP contribution in [0.1, 0.15) is 12.0 Å². The van der Waals surface area contributed by atoms with Gasteiger partial charge in [-0.1, -0.05) is 36.4 Å². The zero-order valence-electron chi connectivity index (χ0n) is 11.6. The minimum Gasteiger partial charge on any atom is -0.508 e. The van der Waals surface area contributed by atoms with Gasteiger partial charge in [0.05, 0.1) is 13.2 Å². The van der Waals surface area contributed by atoms with Crippen LogP contribution in [0.25, 0.3) is 10.8 Å². The van der Waals surface area contributed by atoms with E-state index in [0.29, 0.717) is 25.5 Å². The van der Waals surface area contributed by atoms with Crippen molar-refractivity contribution >= 4 is 10.8 Å². The number of rotatable bonds is 8. The van der Waals surface area contributed by atoms with Crippen LogP contribution in [0.2, 0.25) is 0 Å². The molecule has 0 bridgehead atoms. The van der Waals surface area contributed by atoms with Crippen molar-refractivity contribution in [3.63, 3.8) is 0 Å². The highest BCUT2D eigenvalue weighted by molar-refractivity contribution is 5.87. The number of phenolic OH excluding ortho intramolecular Hbond substituents is 1. The van der Waals surface area contributed by atoms with Crippen molar-refractivity contribution < 1.29 is 9.84 Å². The van der Waals surface area contributed by atoms with Gasteiger partial charge in [0, 0.05) is 18.7 Å². The molecule has 0 radical (unpaired) electrons. The van der Waals surface area contributed by atoms with E-state index >= 15 is 0 Å². The fourth-order valence-electron chi connectivity index (χ4n) is 2.14. The lowest BCUT2D eigenvalue weighted by molar-refractivity contribution is 0.140. The second kappa shape index (κ2) is 7.68. The monoisotopic (exact) mass is 271 g/mol. The van der Waals surface area contributed by atoms with Crippen molar-refractivity contribution in [1.29, 1.82) is 0 Å². The summed E-state index contributed by atoms with van der Waals surface area (Å²) in [4.78, 5) is 0. The summed E-state index contributed by atoms with van der Waals surface area (Å²) in [7, 11) is 0. The van der Waals surface area contributed by atoms with Crippen LogP contribution in [-0.4, -0.2) is 24.9 Å². The Balaban J connectivity index is 1.89. The molecule has 0 aromatic heterocycles. The normalized spacial score (nSPS) is 10.8. The van der Waals surface area contributed by atoms with Crippen LogP contribution in [0.5, 0.6) is 5.75 Å². The van der Waals surface area contributed by atoms with Crippen LogP contribution in [-0.2, 0) is 11.3 Å². The van der Waals surface area contributed by atoms with Gasteiger partial charge in [0.15, 0.2) is 0 Å². The van der Waals surface area contributed by atoms with E-state index < -0.39 is 0 Å². The third-order valence-corrected chi connectivity index (χ3v) is 3.21. The summed E-state index contributed by atoms with van der Waals surface area (Å²) in [6.45, 7) is 6.43. The summed E-state index contributed by atoms with van der Waals surface area (Å²) in [6, 6.07) is 11.8. The lowest BCUT2D eigenvalue weighted by atomic mass is 10.0. The Morgan fingerprint density at radius 2 is 2.00 bits per heavy atom. The van der Waals surface area contributed by atoms with Crippen LogP contribution in [0.3, 0.4) is 0 Å². The number of aromatic hydroxyl groups is 1. The number of phenols is 1. The number of nitrogens with one attached hydrogen (secondary N) is 1. The highest BCUT2D eigenvalue weighted by Crippen LogP contribution is 2.26. The van der Waals surface area contributed by atoms with Gasteiger partial charge >= 0.3 is 0 Å². The van der Waals surface area contributed by atoms with Gasteiger partial charge in [-0.3, -0.25) is 0 Å². The summed E-state index contributed by atoms with van der Waals surface area (Å²) in [6.07, 6.45) is 2.73. The van der Waals surface area contributed by atoms with E-state index in [4.69, 9.17) is 4.74 Å². The highest BCUT2D eigenvalue weighted by atomic mass is 16.5. The third kappa shape index (κ3) is 3.83. The first-order valence-corrected chi connectivity index (χ1v) is 6.92. The van der Waals surface area contributed by atoms with Gasteiger partial charge in [0.25, 0.3) is 0 Å². The van der Waals surface area contributed by atoms with E-state index in [2.05, 4.69) is 18.0 Å². The second-order valence-corrected chi connectivity index (χ2v) is 4.65. The Morgan fingerprint density at radius 1 is 1.15 bits per heavy atom.